The third-order valence-electron chi connectivity index (χ3n) is 3.69. The molecule has 1 N–H and O–H groups in total. The number of carbonyl (C=O) groups excluding carboxylic acids is 1. The smallest absolute Gasteiger partial charge is 0.251 e. The maximum atomic E-state index is 12.3. The highest BCUT2D eigenvalue weighted by Crippen LogP contribution is 2.27. The van der Waals surface area contributed by atoms with E-state index >= 15 is 0 Å². The predicted octanol–water partition coefficient (Wildman–Crippen LogP) is 2.16. The Morgan fingerprint density at radius 1 is 1.33 bits per heavy atom. The van der Waals surface area contributed by atoms with E-state index in [1.165, 1.54) is 0 Å². The van der Waals surface area contributed by atoms with Gasteiger partial charge in [0.2, 0.25) is 0 Å². The zero-order valence-electron chi connectivity index (χ0n) is 11.4. The number of rotatable bonds is 2. The summed E-state index contributed by atoms with van der Waals surface area (Å²) in [5.74, 6) is -0.138. The maximum Gasteiger partial charge on any atom is 0.251 e. The molecule has 1 aliphatic carbocycles. The zero-order chi connectivity index (χ0) is 14.7. The molecule has 1 aromatic heterocycles. The molecule has 2 aromatic rings. The summed E-state index contributed by atoms with van der Waals surface area (Å²) in [6.45, 7) is 0. The van der Waals surface area contributed by atoms with Crippen molar-refractivity contribution in [1.29, 1.82) is 5.26 Å². The van der Waals surface area contributed by atoms with E-state index in [0.29, 0.717) is 11.1 Å². The van der Waals surface area contributed by atoms with Crippen molar-refractivity contribution in [3.8, 4) is 6.07 Å². The Hall–Kier alpha value is -2.74. The molecule has 1 heterocycles. The Labute approximate surface area is 122 Å². The lowest BCUT2D eigenvalue weighted by molar-refractivity contribution is 0.0932. The Balaban J connectivity index is 1.78. The average molecular weight is 278 g/mol. The highest BCUT2D eigenvalue weighted by atomic mass is 16.1. The number of amides is 1. The first-order chi connectivity index (χ1) is 10.3. The van der Waals surface area contributed by atoms with Crippen molar-refractivity contribution < 1.29 is 4.79 Å². The molecule has 3 rings (SSSR count). The number of nitriles is 1. The quantitative estimate of drug-likeness (QED) is 0.913. The first kappa shape index (κ1) is 13.3. The number of aryl methyl sites for hydroxylation is 1. The molecule has 1 atom stereocenters. The molecule has 1 aliphatic rings. The highest BCUT2D eigenvalue weighted by Gasteiger charge is 2.23. The molecule has 0 spiro atoms. The van der Waals surface area contributed by atoms with Crippen LogP contribution in [0, 0.1) is 11.3 Å². The van der Waals surface area contributed by atoms with Crippen LogP contribution in [0.1, 0.15) is 46.1 Å². The molecule has 0 bridgehead atoms. The van der Waals surface area contributed by atoms with Gasteiger partial charge >= 0.3 is 0 Å². The zero-order valence-corrected chi connectivity index (χ0v) is 11.4. The van der Waals surface area contributed by atoms with Crippen LogP contribution in [0.25, 0.3) is 0 Å². The van der Waals surface area contributed by atoms with Crippen molar-refractivity contribution in [1.82, 2.24) is 15.3 Å². The molecule has 5 heteroatoms. The van der Waals surface area contributed by atoms with Crippen LogP contribution in [0.2, 0.25) is 0 Å². The predicted molar refractivity (Wildman–Crippen MR) is 76.3 cm³/mol. The minimum atomic E-state index is -0.138. The van der Waals surface area contributed by atoms with Gasteiger partial charge in [-0.1, -0.05) is 0 Å². The van der Waals surface area contributed by atoms with E-state index < -0.39 is 0 Å². The molecular weight excluding hydrogens is 264 g/mol. The molecule has 1 unspecified atom stereocenters. The summed E-state index contributed by atoms with van der Waals surface area (Å²) < 4.78 is 0. The first-order valence-electron chi connectivity index (χ1n) is 6.88. The maximum absolute atomic E-state index is 12.3. The Kier molecular flexibility index (Phi) is 3.61. The van der Waals surface area contributed by atoms with Gasteiger partial charge in [-0.2, -0.15) is 5.26 Å². The summed E-state index contributed by atoms with van der Waals surface area (Å²) in [6, 6.07) is 8.62. The van der Waals surface area contributed by atoms with E-state index in [1.807, 2.05) is 6.07 Å². The second kappa shape index (κ2) is 5.71. The number of fused-ring (bicyclic) bond motifs is 1. The number of carbonyl (C=O) groups is 1. The van der Waals surface area contributed by atoms with Crippen LogP contribution in [-0.2, 0) is 6.42 Å². The third-order valence-corrected chi connectivity index (χ3v) is 3.69. The summed E-state index contributed by atoms with van der Waals surface area (Å²) in [5, 5.41) is 11.8. The number of nitrogens with one attached hydrogen (secondary N) is 1. The number of aromatic nitrogens is 2. The SMILES string of the molecule is N#Cc1ccc(C(=O)NC2CCCc3ncncc32)cc1. The number of benzene rings is 1. The standard InChI is InChI=1S/C16H14N4O/c17-8-11-4-6-12(7-5-11)16(21)20-15-3-1-2-14-13(15)9-18-10-19-14/h4-7,9-10,15H,1-3H2,(H,20,21). The van der Waals surface area contributed by atoms with Crippen LogP contribution in [0.5, 0.6) is 0 Å². The van der Waals surface area contributed by atoms with Crippen LogP contribution < -0.4 is 5.32 Å². The van der Waals surface area contributed by atoms with Gasteiger partial charge in [0.05, 0.1) is 17.7 Å². The molecule has 104 valence electrons. The number of hydrogen-bond acceptors (Lipinski definition) is 4. The summed E-state index contributed by atoms with van der Waals surface area (Å²) in [5.41, 5.74) is 3.12. The highest BCUT2D eigenvalue weighted by molar-refractivity contribution is 5.94. The lowest BCUT2D eigenvalue weighted by Crippen LogP contribution is -2.31. The topological polar surface area (TPSA) is 78.7 Å². The lowest BCUT2D eigenvalue weighted by atomic mass is 9.92. The Morgan fingerprint density at radius 3 is 2.90 bits per heavy atom. The van der Waals surface area contributed by atoms with Crippen molar-refractivity contribution in [2.24, 2.45) is 0 Å². The molecule has 1 amide bonds. The van der Waals surface area contributed by atoms with Crippen molar-refractivity contribution in [2.45, 2.75) is 25.3 Å². The first-order valence-corrected chi connectivity index (χ1v) is 6.88. The Bertz CT molecular complexity index is 703. The van der Waals surface area contributed by atoms with E-state index in [1.54, 1.807) is 36.8 Å². The number of nitrogens with zero attached hydrogens (tertiary/aromatic N) is 3. The van der Waals surface area contributed by atoms with Crippen molar-refractivity contribution in [3.63, 3.8) is 0 Å². The van der Waals surface area contributed by atoms with Gasteiger partial charge in [-0.3, -0.25) is 4.79 Å². The summed E-state index contributed by atoms with van der Waals surface area (Å²) in [7, 11) is 0. The second-order valence-electron chi connectivity index (χ2n) is 5.03. The van der Waals surface area contributed by atoms with Crippen LogP contribution in [0.15, 0.2) is 36.8 Å². The normalized spacial score (nSPS) is 16.6. The molecule has 1 aromatic carbocycles. The largest absolute Gasteiger partial charge is 0.345 e. The molecule has 0 saturated carbocycles. The van der Waals surface area contributed by atoms with Crippen LogP contribution in [0.3, 0.4) is 0 Å². The monoisotopic (exact) mass is 278 g/mol. The minimum Gasteiger partial charge on any atom is -0.345 e. The fourth-order valence-electron chi connectivity index (χ4n) is 2.58. The average Bonchev–Trinajstić information content (AvgIpc) is 2.55. The van der Waals surface area contributed by atoms with Gasteiger partial charge in [-0.05, 0) is 43.5 Å². The molecule has 0 aliphatic heterocycles. The third kappa shape index (κ3) is 2.75. The van der Waals surface area contributed by atoms with Crippen molar-refractivity contribution >= 4 is 5.91 Å². The molecule has 21 heavy (non-hydrogen) atoms. The fourth-order valence-corrected chi connectivity index (χ4v) is 2.58. The molecule has 0 fully saturated rings. The van der Waals surface area contributed by atoms with E-state index in [9.17, 15) is 4.79 Å². The van der Waals surface area contributed by atoms with Crippen LogP contribution in [-0.4, -0.2) is 15.9 Å². The summed E-state index contributed by atoms with van der Waals surface area (Å²) in [6.07, 6.45) is 6.15. The van der Waals surface area contributed by atoms with Gasteiger partial charge in [0.15, 0.2) is 0 Å². The van der Waals surface area contributed by atoms with Crippen LogP contribution in [0.4, 0.5) is 0 Å². The summed E-state index contributed by atoms with van der Waals surface area (Å²) in [4.78, 5) is 20.6. The molecule has 5 nitrogen and oxygen atoms in total. The van der Waals surface area contributed by atoms with Crippen LogP contribution >= 0.6 is 0 Å². The van der Waals surface area contributed by atoms with Gasteiger partial charge in [-0.25, -0.2) is 9.97 Å². The Morgan fingerprint density at radius 2 is 2.14 bits per heavy atom. The molecule has 0 saturated heterocycles. The lowest BCUT2D eigenvalue weighted by Gasteiger charge is -2.25. The van der Waals surface area contributed by atoms with Gasteiger partial charge in [0.1, 0.15) is 6.33 Å². The van der Waals surface area contributed by atoms with E-state index in [0.717, 1.165) is 30.5 Å². The van der Waals surface area contributed by atoms with E-state index in [4.69, 9.17) is 5.26 Å². The van der Waals surface area contributed by atoms with Gasteiger partial charge in [0, 0.05) is 23.0 Å². The van der Waals surface area contributed by atoms with Gasteiger partial charge in [-0.15, -0.1) is 0 Å². The van der Waals surface area contributed by atoms with Gasteiger partial charge < -0.3 is 5.32 Å². The van der Waals surface area contributed by atoms with E-state index in [-0.39, 0.29) is 11.9 Å². The van der Waals surface area contributed by atoms with E-state index in [2.05, 4.69) is 15.3 Å². The number of hydrogen-bond donors (Lipinski definition) is 1. The molecule has 0 radical (unpaired) electrons. The van der Waals surface area contributed by atoms with Gasteiger partial charge in [0.25, 0.3) is 5.91 Å². The van der Waals surface area contributed by atoms with Crippen molar-refractivity contribution in [2.75, 3.05) is 0 Å². The van der Waals surface area contributed by atoms with Crippen molar-refractivity contribution in [3.05, 3.63) is 59.2 Å². The minimum absolute atomic E-state index is 0.0434. The fraction of sp³-hybridized carbons (Fsp3) is 0.250. The molecular formula is C16H14N4O. The second-order valence-corrected chi connectivity index (χ2v) is 5.03. The summed E-state index contributed by atoms with van der Waals surface area (Å²) >= 11 is 0.